The SMILES string of the molecule is CC(C)C[C@@H](NC(=O)[C@H](N)CC(=O)O)C(=O)N[C@H](CC(=O)O)C(=O)N[C@H](CCC(=O)O)C(=O)O. The first-order chi connectivity index (χ1) is 15.6. The van der Waals surface area contributed by atoms with Gasteiger partial charge in [-0.05, 0) is 18.8 Å². The van der Waals surface area contributed by atoms with Crippen LogP contribution in [0.15, 0.2) is 0 Å². The number of carbonyl (C=O) groups excluding carboxylic acids is 3. The summed E-state index contributed by atoms with van der Waals surface area (Å²) < 4.78 is 0. The molecule has 15 nitrogen and oxygen atoms in total. The third-order valence-corrected chi connectivity index (χ3v) is 4.34. The van der Waals surface area contributed by atoms with Crippen molar-refractivity contribution in [3.05, 3.63) is 0 Å². The van der Waals surface area contributed by atoms with E-state index >= 15 is 0 Å². The molecule has 0 saturated carbocycles. The number of carboxylic acids is 4. The lowest BCUT2D eigenvalue weighted by Crippen LogP contribution is -2.57. The molecule has 0 rings (SSSR count). The summed E-state index contributed by atoms with van der Waals surface area (Å²) in [6, 6.07) is -6.18. The van der Waals surface area contributed by atoms with Crippen molar-refractivity contribution in [2.24, 2.45) is 11.7 Å². The molecule has 3 amide bonds. The third kappa shape index (κ3) is 12.3. The molecule has 9 N–H and O–H groups in total. The normalized spacial score (nSPS) is 14.2. The molecule has 0 aromatic carbocycles. The molecule has 0 aliphatic carbocycles. The zero-order valence-corrected chi connectivity index (χ0v) is 18.6. The highest BCUT2D eigenvalue weighted by atomic mass is 16.4. The van der Waals surface area contributed by atoms with Crippen LogP contribution in [-0.4, -0.2) is 86.2 Å². The molecule has 15 heteroatoms. The summed E-state index contributed by atoms with van der Waals surface area (Å²) in [4.78, 5) is 81.3. The van der Waals surface area contributed by atoms with Gasteiger partial charge in [0.2, 0.25) is 17.7 Å². The Morgan fingerprint density at radius 2 is 1.15 bits per heavy atom. The highest BCUT2D eigenvalue weighted by Crippen LogP contribution is 2.08. The smallest absolute Gasteiger partial charge is 0.326 e. The van der Waals surface area contributed by atoms with Gasteiger partial charge in [-0.3, -0.25) is 28.8 Å². The maximum Gasteiger partial charge on any atom is 0.326 e. The van der Waals surface area contributed by atoms with Crippen molar-refractivity contribution in [1.29, 1.82) is 0 Å². The molecular formula is C19H30N4O11. The van der Waals surface area contributed by atoms with Crippen LogP contribution in [0.4, 0.5) is 0 Å². The summed E-state index contributed by atoms with van der Waals surface area (Å²) in [5, 5.41) is 42.1. The standard InChI is InChI=1S/C19H30N4O11/c1-8(2)5-11(22-16(30)9(20)6-14(26)27)17(31)23-12(7-15(28)29)18(32)21-10(19(33)34)3-4-13(24)25/h8-12H,3-7,20H2,1-2H3,(H,21,32)(H,22,30)(H,23,31)(H,24,25)(H,26,27)(H,28,29)(H,33,34)/t9-,10-,11-,12-/m1/s1. The molecule has 0 aromatic rings. The molecule has 34 heavy (non-hydrogen) atoms. The van der Waals surface area contributed by atoms with Gasteiger partial charge in [0.05, 0.1) is 18.9 Å². The van der Waals surface area contributed by atoms with Crippen molar-refractivity contribution in [3.63, 3.8) is 0 Å². The van der Waals surface area contributed by atoms with E-state index in [-0.39, 0.29) is 12.3 Å². The molecule has 0 aliphatic heterocycles. The number of aliphatic carboxylic acids is 4. The summed E-state index contributed by atoms with van der Waals surface area (Å²) in [5.41, 5.74) is 5.48. The van der Waals surface area contributed by atoms with Crippen molar-refractivity contribution < 1.29 is 54.0 Å². The van der Waals surface area contributed by atoms with Gasteiger partial charge in [-0.25, -0.2) is 4.79 Å². The van der Waals surface area contributed by atoms with Gasteiger partial charge in [0, 0.05) is 6.42 Å². The van der Waals surface area contributed by atoms with E-state index in [2.05, 4.69) is 10.6 Å². The van der Waals surface area contributed by atoms with E-state index in [0.717, 1.165) is 0 Å². The van der Waals surface area contributed by atoms with Crippen LogP contribution in [0.2, 0.25) is 0 Å². The van der Waals surface area contributed by atoms with Crippen LogP contribution in [0.25, 0.3) is 0 Å². The van der Waals surface area contributed by atoms with E-state index in [1.807, 2.05) is 5.32 Å². The number of amides is 3. The van der Waals surface area contributed by atoms with Crippen molar-refractivity contribution >= 4 is 41.6 Å². The summed E-state index contributed by atoms with van der Waals surface area (Å²) in [6.07, 6.45) is -2.71. The van der Waals surface area contributed by atoms with E-state index < -0.39 is 91.4 Å². The van der Waals surface area contributed by atoms with Crippen LogP contribution >= 0.6 is 0 Å². The number of hydrogen-bond acceptors (Lipinski definition) is 8. The minimum Gasteiger partial charge on any atom is -0.481 e. The van der Waals surface area contributed by atoms with Gasteiger partial charge in [0.25, 0.3) is 0 Å². The Labute approximate surface area is 194 Å². The molecule has 0 bridgehead atoms. The van der Waals surface area contributed by atoms with Crippen molar-refractivity contribution in [3.8, 4) is 0 Å². The van der Waals surface area contributed by atoms with Gasteiger partial charge in [-0.1, -0.05) is 13.8 Å². The number of nitrogens with one attached hydrogen (secondary N) is 3. The molecule has 0 spiro atoms. The van der Waals surface area contributed by atoms with Crippen LogP contribution in [0, 0.1) is 5.92 Å². The van der Waals surface area contributed by atoms with E-state index in [0.29, 0.717) is 0 Å². The number of nitrogens with two attached hydrogens (primary N) is 1. The number of rotatable bonds is 16. The first-order valence-corrected chi connectivity index (χ1v) is 10.2. The average molecular weight is 490 g/mol. The third-order valence-electron chi connectivity index (χ3n) is 4.34. The lowest BCUT2D eigenvalue weighted by molar-refractivity contribution is -0.144. The Morgan fingerprint density at radius 3 is 1.59 bits per heavy atom. The van der Waals surface area contributed by atoms with Gasteiger partial charge in [-0.2, -0.15) is 0 Å². The fraction of sp³-hybridized carbons (Fsp3) is 0.632. The summed E-state index contributed by atoms with van der Waals surface area (Å²) in [7, 11) is 0. The second kappa shape index (κ2) is 14.4. The predicted octanol–water partition coefficient (Wildman–Crippen LogP) is -2.29. The lowest BCUT2D eigenvalue weighted by atomic mass is 10.0. The van der Waals surface area contributed by atoms with Gasteiger partial charge in [-0.15, -0.1) is 0 Å². The highest BCUT2D eigenvalue weighted by molar-refractivity contribution is 5.96. The van der Waals surface area contributed by atoms with Gasteiger partial charge in [0.1, 0.15) is 18.1 Å². The molecule has 0 radical (unpaired) electrons. The zero-order valence-electron chi connectivity index (χ0n) is 18.6. The van der Waals surface area contributed by atoms with Gasteiger partial charge in [0.15, 0.2) is 0 Å². The molecule has 4 atom stereocenters. The molecule has 0 saturated heterocycles. The van der Waals surface area contributed by atoms with Crippen molar-refractivity contribution in [1.82, 2.24) is 16.0 Å². The van der Waals surface area contributed by atoms with E-state index in [1.54, 1.807) is 13.8 Å². The average Bonchev–Trinajstić information content (AvgIpc) is 2.68. The molecule has 0 aliphatic rings. The van der Waals surface area contributed by atoms with Crippen molar-refractivity contribution in [2.45, 2.75) is 70.1 Å². The zero-order chi connectivity index (χ0) is 26.6. The Hall–Kier alpha value is -3.75. The monoisotopic (exact) mass is 490 g/mol. The minimum absolute atomic E-state index is 0.0230. The number of carboxylic acid groups (broad SMARTS) is 4. The summed E-state index contributed by atoms with van der Waals surface area (Å²) in [5.74, 6) is -9.04. The summed E-state index contributed by atoms with van der Waals surface area (Å²) >= 11 is 0. The molecule has 0 unspecified atom stereocenters. The molecule has 0 heterocycles. The van der Waals surface area contributed by atoms with E-state index in [1.165, 1.54) is 0 Å². The molecule has 0 aromatic heterocycles. The molecule has 192 valence electrons. The minimum atomic E-state index is -1.75. The topological polar surface area (TPSA) is 263 Å². The maximum atomic E-state index is 12.7. The Kier molecular flexibility index (Phi) is 12.8. The van der Waals surface area contributed by atoms with Crippen molar-refractivity contribution in [2.75, 3.05) is 0 Å². The Balaban J connectivity index is 5.54. The molecule has 0 fully saturated rings. The fourth-order valence-corrected chi connectivity index (χ4v) is 2.72. The second-order valence-electron chi connectivity index (χ2n) is 7.89. The van der Waals surface area contributed by atoms with Crippen LogP contribution in [0.1, 0.15) is 46.0 Å². The number of hydrogen-bond donors (Lipinski definition) is 8. The first kappa shape index (κ1) is 30.2. The predicted molar refractivity (Wildman–Crippen MR) is 112 cm³/mol. The second-order valence-corrected chi connectivity index (χ2v) is 7.89. The summed E-state index contributed by atoms with van der Waals surface area (Å²) in [6.45, 7) is 3.40. The van der Waals surface area contributed by atoms with E-state index in [9.17, 15) is 33.6 Å². The van der Waals surface area contributed by atoms with Crippen LogP contribution in [-0.2, 0) is 33.6 Å². The molecular weight excluding hydrogens is 460 g/mol. The number of carbonyl (C=O) groups is 7. The quantitative estimate of drug-likeness (QED) is 0.114. The lowest BCUT2D eigenvalue weighted by Gasteiger charge is -2.25. The maximum absolute atomic E-state index is 12.7. The highest BCUT2D eigenvalue weighted by Gasteiger charge is 2.32. The van der Waals surface area contributed by atoms with Crippen LogP contribution < -0.4 is 21.7 Å². The first-order valence-electron chi connectivity index (χ1n) is 10.2. The largest absolute Gasteiger partial charge is 0.481 e. The Morgan fingerprint density at radius 1 is 0.676 bits per heavy atom. The van der Waals surface area contributed by atoms with Gasteiger partial charge >= 0.3 is 23.9 Å². The Bertz CT molecular complexity index is 799. The van der Waals surface area contributed by atoms with Gasteiger partial charge < -0.3 is 42.1 Å². The fourth-order valence-electron chi connectivity index (χ4n) is 2.72. The van der Waals surface area contributed by atoms with Crippen LogP contribution in [0.5, 0.6) is 0 Å². The van der Waals surface area contributed by atoms with E-state index in [4.69, 9.17) is 26.2 Å². The van der Waals surface area contributed by atoms with Crippen LogP contribution in [0.3, 0.4) is 0 Å².